The normalized spacial score (nSPS) is 15.6. The van der Waals surface area contributed by atoms with Gasteiger partial charge in [0, 0.05) is 26.1 Å². The van der Waals surface area contributed by atoms with E-state index in [0.29, 0.717) is 31.1 Å². The van der Waals surface area contributed by atoms with E-state index >= 15 is 0 Å². The van der Waals surface area contributed by atoms with Crippen LogP contribution in [-0.4, -0.2) is 53.4 Å². The van der Waals surface area contributed by atoms with Gasteiger partial charge in [-0.25, -0.2) is 9.67 Å². The highest BCUT2D eigenvalue weighted by Crippen LogP contribution is 2.27. The smallest absolute Gasteiger partial charge is 0.257 e. The largest absolute Gasteiger partial charge is 0.472 e. The molecule has 9 heteroatoms. The summed E-state index contributed by atoms with van der Waals surface area (Å²) in [5, 5.41) is 12.8. The summed E-state index contributed by atoms with van der Waals surface area (Å²) in [6.07, 6.45) is 7.93. The summed E-state index contributed by atoms with van der Waals surface area (Å²) in [6.45, 7) is 1.96. The molecule has 1 aliphatic rings. The fourth-order valence-corrected chi connectivity index (χ4v) is 3.24. The van der Waals surface area contributed by atoms with E-state index < -0.39 is 0 Å². The molecule has 0 saturated carbocycles. The lowest BCUT2D eigenvalue weighted by atomic mass is 9.95. The molecule has 3 aromatic heterocycles. The Kier molecular flexibility index (Phi) is 4.04. The zero-order valence-electron chi connectivity index (χ0n) is 13.9. The van der Waals surface area contributed by atoms with Gasteiger partial charge in [0.25, 0.3) is 5.91 Å². The Morgan fingerprint density at radius 3 is 2.84 bits per heavy atom. The van der Waals surface area contributed by atoms with E-state index in [9.17, 15) is 4.79 Å². The molecule has 3 aromatic rings. The number of amides is 1. The monoisotopic (exact) mass is 341 g/mol. The Morgan fingerprint density at radius 1 is 1.32 bits per heavy atom. The number of carbonyl (C=O) groups excluding carboxylic acids is 1. The molecule has 4 rings (SSSR count). The van der Waals surface area contributed by atoms with Crippen molar-refractivity contribution in [2.75, 3.05) is 13.1 Å². The summed E-state index contributed by atoms with van der Waals surface area (Å²) < 4.78 is 8.75. The van der Waals surface area contributed by atoms with Crippen LogP contribution in [0.25, 0.3) is 0 Å². The summed E-state index contributed by atoms with van der Waals surface area (Å²) in [7, 11) is 1.98. The summed E-state index contributed by atoms with van der Waals surface area (Å²) in [4.78, 5) is 18.2. The van der Waals surface area contributed by atoms with Gasteiger partial charge in [0.15, 0.2) is 5.82 Å². The quantitative estimate of drug-likeness (QED) is 0.704. The van der Waals surface area contributed by atoms with Gasteiger partial charge in [-0.15, -0.1) is 10.2 Å². The molecule has 0 N–H and O–H groups in total. The molecule has 0 radical (unpaired) electrons. The number of furan rings is 1. The molecule has 0 spiro atoms. The van der Waals surface area contributed by atoms with E-state index in [2.05, 4.69) is 20.3 Å². The first kappa shape index (κ1) is 15.6. The second kappa shape index (κ2) is 6.50. The van der Waals surface area contributed by atoms with Crippen LogP contribution in [0.4, 0.5) is 0 Å². The Bertz CT molecular complexity index is 830. The van der Waals surface area contributed by atoms with Crippen LogP contribution in [0.2, 0.25) is 0 Å². The SMILES string of the molecule is Cn1c(Cn2cncn2)nnc1C1CCN(C(=O)c2ccoc2)CC1. The van der Waals surface area contributed by atoms with E-state index in [1.807, 2.05) is 16.5 Å². The van der Waals surface area contributed by atoms with E-state index in [0.717, 1.165) is 24.5 Å². The Morgan fingerprint density at radius 2 is 2.16 bits per heavy atom. The first-order valence-electron chi connectivity index (χ1n) is 8.24. The van der Waals surface area contributed by atoms with Gasteiger partial charge < -0.3 is 13.9 Å². The molecule has 4 heterocycles. The minimum Gasteiger partial charge on any atom is -0.472 e. The van der Waals surface area contributed by atoms with Gasteiger partial charge in [-0.1, -0.05) is 0 Å². The van der Waals surface area contributed by atoms with Gasteiger partial charge in [0.1, 0.15) is 31.3 Å². The van der Waals surface area contributed by atoms with Crippen LogP contribution in [0, 0.1) is 0 Å². The van der Waals surface area contributed by atoms with Gasteiger partial charge >= 0.3 is 0 Å². The van der Waals surface area contributed by atoms with Crippen LogP contribution in [0.3, 0.4) is 0 Å². The third-order valence-electron chi connectivity index (χ3n) is 4.68. The Labute approximate surface area is 144 Å². The molecule has 1 fully saturated rings. The van der Waals surface area contributed by atoms with Gasteiger partial charge in [-0.3, -0.25) is 4.79 Å². The second-order valence-corrected chi connectivity index (χ2v) is 6.21. The molecule has 1 saturated heterocycles. The van der Waals surface area contributed by atoms with Gasteiger partial charge in [-0.2, -0.15) is 5.10 Å². The number of hydrogen-bond donors (Lipinski definition) is 0. The molecule has 0 aliphatic carbocycles. The van der Waals surface area contributed by atoms with Crippen molar-refractivity contribution in [3.05, 3.63) is 48.5 Å². The number of nitrogens with zero attached hydrogens (tertiary/aromatic N) is 7. The van der Waals surface area contributed by atoms with Gasteiger partial charge in [0.05, 0.1) is 11.8 Å². The molecule has 1 aliphatic heterocycles. The number of likely N-dealkylation sites (tertiary alicyclic amines) is 1. The van der Waals surface area contributed by atoms with Crippen molar-refractivity contribution in [1.29, 1.82) is 0 Å². The predicted molar refractivity (Wildman–Crippen MR) is 86.7 cm³/mol. The summed E-state index contributed by atoms with van der Waals surface area (Å²) in [6, 6.07) is 1.70. The highest BCUT2D eigenvalue weighted by molar-refractivity contribution is 5.93. The van der Waals surface area contributed by atoms with Crippen LogP contribution in [0.1, 0.15) is 40.8 Å². The van der Waals surface area contributed by atoms with Crippen molar-refractivity contribution in [2.45, 2.75) is 25.3 Å². The molecule has 0 aromatic carbocycles. The number of carbonyl (C=O) groups is 1. The lowest BCUT2D eigenvalue weighted by Crippen LogP contribution is -2.38. The highest BCUT2D eigenvalue weighted by Gasteiger charge is 2.28. The third kappa shape index (κ3) is 3.04. The minimum atomic E-state index is 0.0250. The maximum Gasteiger partial charge on any atom is 0.257 e. The fourth-order valence-electron chi connectivity index (χ4n) is 3.24. The lowest BCUT2D eigenvalue weighted by molar-refractivity contribution is 0.0709. The average Bonchev–Trinajstić information content (AvgIpc) is 3.39. The van der Waals surface area contributed by atoms with Crippen molar-refractivity contribution in [3.8, 4) is 0 Å². The zero-order chi connectivity index (χ0) is 17.2. The van der Waals surface area contributed by atoms with Gasteiger partial charge in [0.2, 0.25) is 0 Å². The van der Waals surface area contributed by atoms with Crippen molar-refractivity contribution < 1.29 is 9.21 Å². The predicted octanol–water partition coefficient (Wildman–Crippen LogP) is 1.07. The Hall–Kier alpha value is -2.97. The van der Waals surface area contributed by atoms with E-state index in [-0.39, 0.29) is 5.91 Å². The maximum absolute atomic E-state index is 12.4. The van der Waals surface area contributed by atoms with Crippen molar-refractivity contribution in [1.82, 2.24) is 34.4 Å². The van der Waals surface area contributed by atoms with E-state index in [4.69, 9.17) is 4.42 Å². The lowest BCUT2D eigenvalue weighted by Gasteiger charge is -2.31. The first-order valence-corrected chi connectivity index (χ1v) is 8.24. The topological polar surface area (TPSA) is 94.9 Å². The standard InChI is InChI=1S/C16H19N7O2/c1-21-14(8-23-11-17-10-18-23)19-20-15(21)12-2-5-22(6-3-12)16(24)13-4-7-25-9-13/h4,7,9-12H,2-3,5-6,8H2,1H3. The molecular formula is C16H19N7O2. The molecule has 0 atom stereocenters. The molecule has 0 bridgehead atoms. The van der Waals surface area contributed by atoms with Gasteiger partial charge in [-0.05, 0) is 18.9 Å². The van der Waals surface area contributed by atoms with Crippen LogP contribution in [-0.2, 0) is 13.6 Å². The summed E-state index contributed by atoms with van der Waals surface area (Å²) in [5.41, 5.74) is 0.604. The van der Waals surface area contributed by atoms with Crippen LogP contribution in [0.5, 0.6) is 0 Å². The number of aromatic nitrogens is 6. The van der Waals surface area contributed by atoms with Crippen LogP contribution < -0.4 is 0 Å². The maximum atomic E-state index is 12.4. The van der Waals surface area contributed by atoms with Crippen molar-refractivity contribution in [3.63, 3.8) is 0 Å². The van der Waals surface area contributed by atoms with Crippen molar-refractivity contribution >= 4 is 5.91 Å². The second-order valence-electron chi connectivity index (χ2n) is 6.21. The third-order valence-corrected chi connectivity index (χ3v) is 4.68. The zero-order valence-corrected chi connectivity index (χ0v) is 13.9. The molecule has 9 nitrogen and oxygen atoms in total. The molecule has 130 valence electrons. The van der Waals surface area contributed by atoms with E-state index in [1.54, 1.807) is 17.1 Å². The Balaban J connectivity index is 1.41. The highest BCUT2D eigenvalue weighted by atomic mass is 16.3. The fraction of sp³-hybridized carbons (Fsp3) is 0.438. The number of rotatable bonds is 4. The van der Waals surface area contributed by atoms with Crippen LogP contribution in [0.15, 0.2) is 35.7 Å². The first-order chi connectivity index (χ1) is 12.2. The average molecular weight is 341 g/mol. The summed E-state index contributed by atoms with van der Waals surface area (Å²) in [5.74, 6) is 2.13. The number of piperidine rings is 1. The van der Waals surface area contributed by atoms with E-state index in [1.165, 1.54) is 18.9 Å². The molecule has 0 unspecified atom stereocenters. The molecule has 25 heavy (non-hydrogen) atoms. The van der Waals surface area contributed by atoms with Crippen LogP contribution >= 0.6 is 0 Å². The molecular weight excluding hydrogens is 322 g/mol. The summed E-state index contributed by atoms with van der Waals surface area (Å²) >= 11 is 0. The van der Waals surface area contributed by atoms with Crippen molar-refractivity contribution in [2.24, 2.45) is 7.05 Å². The minimum absolute atomic E-state index is 0.0250. The molecule has 1 amide bonds. The number of hydrogen-bond acceptors (Lipinski definition) is 6.